The van der Waals surface area contributed by atoms with Crippen LogP contribution in [0.1, 0.15) is 16.1 Å². The van der Waals surface area contributed by atoms with Gasteiger partial charge in [0.25, 0.3) is 5.91 Å². The molecule has 1 aromatic carbocycles. The largest absolute Gasteiger partial charge is 0.486 e. The minimum Gasteiger partial charge on any atom is -0.486 e. The first-order chi connectivity index (χ1) is 11.3. The van der Waals surface area contributed by atoms with Crippen molar-refractivity contribution in [2.24, 2.45) is 0 Å². The number of carbonyl (C=O) groups excluding carboxylic acids is 1. The number of methoxy groups -OCH3 is 1. The maximum Gasteiger partial charge on any atom is 0.255 e. The summed E-state index contributed by atoms with van der Waals surface area (Å²) in [6.07, 6.45) is 0. The van der Waals surface area contributed by atoms with Gasteiger partial charge in [0, 0.05) is 32.1 Å². The lowest BCUT2D eigenvalue weighted by molar-refractivity contribution is 0.0949. The van der Waals surface area contributed by atoms with Gasteiger partial charge in [0.15, 0.2) is 0 Å². The van der Waals surface area contributed by atoms with Gasteiger partial charge in [-0.3, -0.25) is 4.79 Å². The van der Waals surface area contributed by atoms with Crippen LogP contribution in [0.3, 0.4) is 0 Å². The van der Waals surface area contributed by atoms with Gasteiger partial charge in [-0.1, -0.05) is 12.1 Å². The van der Waals surface area contributed by atoms with E-state index in [9.17, 15) is 4.79 Å². The minimum absolute atomic E-state index is 0. The number of aromatic nitrogens is 1. The Bertz CT molecular complexity index is 600. The fourth-order valence-electron chi connectivity index (χ4n) is 1.90. The Morgan fingerprint density at radius 2 is 2.00 bits per heavy atom. The molecular formula is C16H23Cl2N3O3S. The Hall–Kier alpha value is -1.38. The van der Waals surface area contributed by atoms with Crippen LogP contribution >= 0.6 is 36.2 Å². The van der Waals surface area contributed by atoms with E-state index in [1.807, 2.05) is 17.5 Å². The van der Waals surface area contributed by atoms with Gasteiger partial charge in [-0.2, -0.15) is 0 Å². The topological polar surface area (TPSA) is 72.5 Å². The molecule has 2 N–H and O–H groups in total. The Labute approximate surface area is 164 Å². The SMILES string of the molecule is COCCNCCNC(=O)c1ccccc1OCc1cscn1.Cl.Cl. The first-order valence-electron chi connectivity index (χ1n) is 7.38. The quantitative estimate of drug-likeness (QED) is 0.592. The Kier molecular flexibility index (Phi) is 13.1. The molecular weight excluding hydrogens is 385 g/mol. The van der Waals surface area contributed by atoms with Gasteiger partial charge < -0.3 is 20.1 Å². The Morgan fingerprint density at radius 3 is 2.72 bits per heavy atom. The molecule has 0 spiro atoms. The van der Waals surface area contributed by atoms with Crippen molar-refractivity contribution in [2.75, 3.05) is 33.4 Å². The number of rotatable bonds is 10. The van der Waals surface area contributed by atoms with Gasteiger partial charge in [0.1, 0.15) is 12.4 Å². The Balaban J connectivity index is 0.00000288. The number of benzene rings is 1. The van der Waals surface area contributed by atoms with E-state index in [0.29, 0.717) is 37.6 Å². The number of nitrogens with one attached hydrogen (secondary N) is 2. The highest BCUT2D eigenvalue weighted by molar-refractivity contribution is 7.07. The van der Waals surface area contributed by atoms with Crippen molar-refractivity contribution < 1.29 is 14.3 Å². The molecule has 9 heteroatoms. The molecule has 2 rings (SSSR count). The van der Waals surface area contributed by atoms with Crippen LogP contribution in [0.5, 0.6) is 5.75 Å². The van der Waals surface area contributed by atoms with E-state index >= 15 is 0 Å². The molecule has 0 aliphatic rings. The smallest absolute Gasteiger partial charge is 0.255 e. The first-order valence-corrected chi connectivity index (χ1v) is 8.32. The summed E-state index contributed by atoms with van der Waals surface area (Å²) in [6.45, 7) is 3.01. The molecule has 0 atom stereocenters. The highest BCUT2D eigenvalue weighted by Crippen LogP contribution is 2.19. The second kappa shape index (κ2) is 13.9. The standard InChI is InChI=1S/C16H21N3O3S.2ClH/c1-21-9-8-17-6-7-18-16(20)14-4-2-3-5-15(14)22-10-13-11-23-12-19-13;;/h2-5,11-12,17H,6-10H2,1H3,(H,18,20);2*1H. The molecule has 0 unspecified atom stereocenters. The zero-order valence-corrected chi connectivity index (χ0v) is 16.3. The molecule has 0 aliphatic carbocycles. The lowest BCUT2D eigenvalue weighted by Gasteiger charge is -2.11. The van der Waals surface area contributed by atoms with E-state index in [2.05, 4.69) is 15.6 Å². The van der Waals surface area contributed by atoms with Crippen molar-refractivity contribution in [3.8, 4) is 5.75 Å². The predicted octanol–water partition coefficient (Wildman–Crippen LogP) is 2.53. The van der Waals surface area contributed by atoms with Gasteiger partial charge in [0.2, 0.25) is 0 Å². The van der Waals surface area contributed by atoms with Crippen molar-refractivity contribution in [3.63, 3.8) is 0 Å². The number of hydrogen-bond donors (Lipinski definition) is 2. The number of halogens is 2. The number of para-hydroxylation sites is 1. The minimum atomic E-state index is -0.146. The number of nitrogens with zero attached hydrogens (tertiary/aromatic N) is 1. The zero-order valence-electron chi connectivity index (χ0n) is 13.9. The molecule has 6 nitrogen and oxygen atoms in total. The van der Waals surface area contributed by atoms with Crippen LogP contribution in [0.15, 0.2) is 35.2 Å². The fourth-order valence-corrected chi connectivity index (χ4v) is 2.44. The highest BCUT2D eigenvalue weighted by Gasteiger charge is 2.11. The maximum atomic E-state index is 12.3. The third-order valence-electron chi connectivity index (χ3n) is 3.06. The Morgan fingerprint density at radius 1 is 1.20 bits per heavy atom. The van der Waals surface area contributed by atoms with E-state index < -0.39 is 0 Å². The summed E-state index contributed by atoms with van der Waals surface area (Å²) in [6, 6.07) is 7.21. The van der Waals surface area contributed by atoms with Crippen LogP contribution in [-0.4, -0.2) is 44.2 Å². The summed E-state index contributed by atoms with van der Waals surface area (Å²) in [7, 11) is 1.66. The van der Waals surface area contributed by atoms with E-state index in [0.717, 1.165) is 12.2 Å². The van der Waals surface area contributed by atoms with E-state index in [1.54, 1.807) is 24.8 Å². The monoisotopic (exact) mass is 407 g/mol. The molecule has 1 heterocycles. The predicted molar refractivity (Wildman–Crippen MR) is 104 cm³/mol. The average molecular weight is 408 g/mol. The number of hydrogen-bond acceptors (Lipinski definition) is 6. The number of amides is 1. The van der Waals surface area contributed by atoms with E-state index in [-0.39, 0.29) is 30.7 Å². The molecule has 0 radical (unpaired) electrons. The van der Waals surface area contributed by atoms with Crippen LogP contribution in [-0.2, 0) is 11.3 Å². The van der Waals surface area contributed by atoms with Gasteiger partial charge in [0.05, 0.1) is 23.4 Å². The molecule has 25 heavy (non-hydrogen) atoms. The number of ether oxygens (including phenoxy) is 2. The molecule has 0 fully saturated rings. The third-order valence-corrected chi connectivity index (χ3v) is 3.70. The van der Waals surface area contributed by atoms with Gasteiger partial charge in [-0.25, -0.2) is 4.98 Å². The van der Waals surface area contributed by atoms with Crippen molar-refractivity contribution in [3.05, 3.63) is 46.4 Å². The van der Waals surface area contributed by atoms with Crippen LogP contribution in [0.4, 0.5) is 0 Å². The van der Waals surface area contributed by atoms with E-state index in [4.69, 9.17) is 9.47 Å². The van der Waals surface area contributed by atoms with Gasteiger partial charge in [-0.15, -0.1) is 36.2 Å². The summed E-state index contributed by atoms with van der Waals surface area (Å²) in [5.74, 6) is 0.415. The molecule has 1 aromatic heterocycles. The van der Waals surface area contributed by atoms with Crippen LogP contribution in [0.2, 0.25) is 0 Å². The van der Waals surface area contributed by atoms with Crippen LogP contribution in [0, 0.1) is 0 Å². The maximum absolute atomic E-state index is 12.3. The van der Waals surface area contributed by atoms with Gasteiger partial charge >= 0.3 is 0 Å². The molecule has 0 saturated heterocycles. The highest BCUT2D eigenvalue weighted by atomic mass is 35.5. The van der Waals surface area contributed by atoms with Crippen molar-refractivity contribution in [2.45, 2.75) is 6.61 Å². The normalized spacial score (nSPS) is 9.64. The van der Waals surface area contributed by atoms with E-state index in [1.165, 1.54) is 11.3 Å². The summed E-state index contributed by atoms with van der Waals surface area (Å²) >= 11 is 1.52. The molecule has 1 amide bonds. The fraction of sp³-hybridized carbons (Fsp3) is 0.375. The number of carbonyl (C=O) groups is 1. The average Bonchev–Trinajstić information content (AvgIpc) is 3.09. The lowest BCUT2D eigenvalue weighted by Crippen LogP contribution is -2.33. The van der Waals surface area contributed by atoms with Crippen molar-refractivity contribution >= 4 is 42.1 Å². The van der Waals surface area contributed by atoms with Gasteiger partial charge in [-0.05, 0) is 12.1 Å². The number of thiazole rings is 1. The summed E-state index contributed by atoms with van der Waals surface area (Å²) < 4.78 is 10.7. The van der Waals surface area contributed by atoms with Crippen LogP contribution < -0.4 is 15.4 Å². The third kappa shape index (κ3) is 8.51. The van der Waals surface area contributed by atoms with Crippen molar-refractivity contribution in [1.82, 2.24) is 15.6 Å². The molecule has 0 aliphatic heterocycles. The molecule has 0 bridgehead atoms. The first kappa shape index (κ1) is 23.6. The van der Waals surface area contributed by atoms with Crippen molar-refractivity contribution in [1.29, 1.82) is 0 Å². The second-order valence-electron chi connectivity index (χ2n) is 4.76. The summed E-state index contributed by atoms with van der Waals surface area (Å²) in [5.41, 5.74) is 3.14. The summed E-state index contributed by atoms with van der Waals surface area (Å²) in [4.78, 5) is 16.4. The molecule has 0 saturated carbocycles. The van der Waals surface area contributed by atoms with Crippen LogP contribution in [0.25, 0.3) is 0 Å². The lowest BCUT2D eigenvalue weighted by atomic mass is 10.2. The molecule has 2 aromatic rings. The zero-order chi connectivity index (χ0) is 16.3. The second-order valence-corrected chi connectivity index (χ2v) is 5.48. The molecule has 140 valence electrons. The summed E-state index contributed by atoms with van der Waals surface area (Å²) in [5, 5.41) is 7.97.